The lowest BCUT2D eigenvalue weighted by Crippen LogP contribution is -2.33. The summed E-state index contributed by atoms with van der Waals surface area (Å²) in [6.07, 6.45) is 1.90. The smallest absolute Gasteiger partial charge is 0.229 e. The lowest BCUT2D eigenvalue weighted by atomic mass is 10.2. The van der Waals surface area contributed by atoms with Crippen molar-refractivity contribution in [3.8, 4) is 0 Å². The van der Waals surface area contributed by atoms with Crippen molar-refractivity contribution in [2.75, 3.05) is 29.1 Å². The van der Waals surface area contributed by atoms with Gasteiger partial charge in [0.15, 0.2) is 11.3 Å². The SMILES string of the molecule is Nc1cc(Nc2nc(N3CCCC3CO)nc3n[nH]nc23)ccc1Cl. The zero-order valence-electron chi connectivity index (χ0n) is 13.3. The van der Waals surface area contributed by atoms with Crippen LogP contribution in [0.3, 0.4) is 0 Å². The molecule has 1 aromatic carbocycles. The molecule has 130 valence electrons. The van der Waals surface area contributed by atoms with Crippen molar-refractivity contribution in [1.29, 1.82) is 0 Å². The van der Waals surface area contributed by atoms with Crippen molar-refractivity contribution in [2.24, 2.45) is 0 Å². The van der Waals surface area contributed by atoms with Crippen LogP contribution in [0.1, 0.15) is 12.8 Å². The summed E-state index contributed by atoms with van der Waals surface area (Å²) in [7, 11) is 0. The number of hydrogen-bond donors (Lipinski definition) is 4. The number of rotatable bonds is 4. The Bertz CT molecular complexity index is 914. The Morgan fingerprint density at radius 2 is 2.24 bits per heavy atom. The van der Waals surface area contributed by atoms with E-state index in [0.717, 1.165) is 25.1 Å². The molecule has 1 aliphatic rings. The van der Waals surface area contributed by atoms with Crippen LogP contribution in [-0.4, -0.2) is 49.7 Å². The van der Waals surface area contributed by atoms with Crippen molar-refractivity contribution < 1.29 is 5.11 Å². The molecule has 3 aromatic rings. The standard InChI is InChI=1S/C15H17ClN8O/c16-10-4-3-8(6-11(10)17)18-13-12-14(22-23-21-12)20-15(19-13)24-5-1-2-9(24)7-25/h3-4,6,9,25H,1-2,5,7,17H2,(H2,18,19,20,21,22,23). The fraction of sp³-hybridized carbons (Fsp3) is 0.333. The first-order valence-electron chi connectivity index (χ1n) is 7.94. The highest BCUT2D eigenvalue weighted by Gasteiger charge is 2.27. The van der Waals surface area contributed by atoms with Gasteiger partial charge in [-0.05, 0) is 31.0 Å². The Hall–Kier alpha value is -2.65. The average Bonchev–Trinajstić information content (AvgIpc) is 3.26. The highest BCUT2D eigenvalue weighted by Crippen LogP contribution is 2.29. The quantitative estimate of drug-likeness (QED) is 0.517. The van der Waals surface area contributed by atoms with Crippen LogP contribution in [0.5, 0.6) is 0 Å². The van der Waals surface area contributed by atoms with Crippen molar-refractivity contribution in [3.05, 3.63) is 23.2 Å². The monoisotopic (exact) mass is 360 g/mol. The van der Waals surface area contributed by atoms with E-state index in [4.69, 9.17) is 17.3 Å². The molecule has 3 heterocycles. The number of aromatic amines is 1. The molecule has 0 amide bonds. The van der Waals surface area contributed by atoms with E-state index in [1.807, 2.05) is 4.90 Å². The normalized spacial score (nSPS) is 17.4. The van der Waals surface area contributed by atoms with Gasteiger partial charge in [-0.1, -0.05) is 11.6 Å². The van der Waals surface area contributed by atoms with Crippen molar-refractivity contribution in [1.82, 2.24) is 25.4 Å². The van der Waals surface area contributed by atoms with Crippen LogP contribution >= 0.6 is 11.6 Å². The first-order valence-corrected chi connectivity index (χ1v) is 8.31. The molecular formula is C15H17ClN8O. The van der Waals surface area contributed by atoms with Crippen LogP contribution in [0.4, 0.5) is 23.1 Å². The number of benzene rings is 1. The maximum atomic E-state index is 9.56. The second-order valence-corrected chi connectivity index (χ2v) is 6.31. The van der Waals surface area contributed by atoms with Gasteiger partial charge in [0.05, 0.1) is 23.4 Å². The van der Waals surface area contributed by atoms with Gasteiger partial charge in [0.2, 0.25) is 11.6 Å². The molecular weight excluding hydrogens is 344 g/mol. The third-order valence-electron chi connectivity index (χ3n) is 4.28. The van der Waals surface area contributed by atoms with Crippen LogP contribution in [0.25, 0.3) is 11.2 Å². The van der Waals surface area contributed by atoms with E-state index in [1.54, 1.807) is 18.2 Å². The zero-order valence-corrected chi connectivity index (χ0v) is 14.0. The summed E-state index contributed by atoms with van der Waals surface area (Å²) in [5.41, 5.74) is 8.04. The predicted molar refractivity (Wildman–Crippen MR) is 96.1 cm³/mol. The van der Waals surface area contributed by atoms with Crippen LogP contribution in [0.2, 0.25) is 5.02 Å². The van der Waals surface area contributed by atoms with Crippen molar-refractivity contribution in [2.45, 2.75) is 18.9 Å². The summed E-state index contributed by atoms with van der Waals surface area (Å²) in [5.74, 6) is 1.03. The lowest BCUT2D eigenvalue weighted by molar-refractivity contribution is 0.265. The van der Waals surface area contributed by atoms with Crippen molar-refractivity contribution >= 4 is 45.9 Å². The van der Waals surface area contributed by atoms with E-state index in [1.165, 1.54) is 0 Å². The third-order valence-corrected chi connectivity index (χ3v) is 4.62. The van der Waals surface area contributed by atoms with E-state index < -0.39 is 0 Å². The minimum absolute atomic E-state index is 0.0170. The lowest BCUT2D eigenvalue weighted by Gasteiger charge is -2.23. The molecule has 0 bridgehead atoms. The van der Waals surface area contributed by atoms with Gasteiger partial charge < -0.3 is 21.1 Å². The van der Waals surface area contributed by atoms with Crippen LogP contribution < -0.4 is 16.0 Å². The fourth-order valence-electron chi connectivity index (χ4n) is 3.00. The largest absolute Gasteiger partial charge is 0.397 e. The van der Waals surface area contributed by atoms with Crippen molar-refractivity contribution in [3.63, 3.8) is 0 Å². The third kappa shape index (κ3) is 2.92. The van der Waals surface area contributed by atoms with Crippen LogP contribution in [0, 0.1) is 0 Å². The number of aromatic nitrogens is 5. The molecule has 25 heavy (non-hydrogen) atoms. The number of H-pyrrole nitrogens is 1. The Balaban J connectivity index is 1.74. The van der Waals surface area contributed by atoms with Gasteiger partial charge in [-0.15, -0.1) is 5.10 Å². The second kappa shape index (κ2) is 6.34. The van der Waals surface area contributed by atoms with Gasteiger partial charge in [0.25, 0.3) is 0 Å². The number of nitrogens with one attached hydrogen (secondary N) is 2. The number of nitrogen functional groups attached to an aromatic ring is 1. The molecule has 1 saturated heterocycles. The molecule has 0 spiro atoms. The number of hydrogen-bond acceptors (Lipinski definition) is 8. The highest BCUT2D eigenvalue weighted by atomic mass is 35.5. The molecule has 10 heteroatoms. The van der Waals surface area contributed by atoms with Crippen LogP contribution in [-0.2, 0) is 0 Å². The summed E-state index contributed by atoms with van der Waals surface area (Å²) >= 11 is 5.97. The van der Waals surface area contributed by atoms with Gasteiger partial charge in [0.1, 0.15) is 0 Å². The van der Waals surface area contributed by atoms with Gasteiger partial charge >= 0.3 is 0 Å². The minimum atomic E-state index is 0.0170. The van der Waals surface area contributed by atoms with Crippen LogP contribution in [0.15, 0.2) is 18.2 Å². The summed E-state index contributed by atoms with van der Waals surface area (Å²) < 4.78 is 0. The minimum Gasteiger partial charge on any atom is -0.397 e. The topological polar surface area (TPSA) is 129 Å². The number of aliphatic hydroxyl groups is 1. The zero-order chi connectivity index (χ0) is 17.4. The molecule has 0 saturated carbocycles. The molecule has 9 nitrogen and oxygen atoms in total. The van der Waals surface area contributed by atoms with Gasteiger partial charge in [-0.2, -0.15) is 20.3 Å². The molecule has 5 N–H and O–H groups in total. The summed E-state index contributed by atoms with van der Waals surface area (Å²) in [5, 5.41) is 24.0. The van der Waals surface area contributed by atoms with Gasteiger partial charge in [-0.3, -0.25) is 0 Å². The number of aliphatic hydroxyl groups excluding tert-OH is 1. The van der Waals surface area contributed by atoms with Gasteiger partial charge in [0, 0.05) is 12.2 Å². The molecule has 2 aromatic heterocycles. The molecule has 4 rings (SSSR count). The fourth-order valence-corrected chi connectivity index (χ4v) is 3.11. The Morgan fingerprint density at radius 3 is 3.04 bits per heavy atom. The average molecular weight is 361 g/mol. The molecule has 1 atom stereocenters. The van der Waals surface area contributed by atoms with E-state index >= 15 is 0 Å². The number of anilines is 4. The summed E-state index contributed by atoms with van der Waals surface area (Å²) in [6, 6.07) is 5.26. The number of halogens is 1. The summed E-state index contributed by atoms with van der Waals surface area (Å²) in [4.78, 5) is 11.1. The molecule has 0 aliphatic carbocycles. The van der Waals surface area contributed by atoms with E-state index in [9.17, 15) is 5.11 Å². The van der Waals surface area contributed by atoms with Gasteiger partial charge in [-0.25, -0.2) is 0 Å². The second-order valence-electron chi connectivity index (χ2n) is 5.90. The maximum absolute atomic E-state index is 9.56. The molecule has 1 fully saturated rings. The number of fused-ring (bicyclic) bond motifs is 1. The maximum Gasteiger partial charge on any atom is 0.229 e. The number of nitrogens with two attached hydrogens (primary N) is 1. The Morgan fingerprint density at radius 1 is 1.36 bits per heavy atom. The molecule has 1 aliphatic heterocycles. The highest BCUT2D eigenvalue weighted by molar-refractivity contribution is 6.33. The first kappa shape index (κ1) is 15.9. The predicted octanol–water partition coefficient (Wildman–Crippen LogP) is 1.69. The van der Waals surface area contributed by atoms with E-state index in [0.29, 0.717) is 33.6 Å². The molecule has 0 radical (unpaired) electrons. The summed E-state index contributed by atoms with van der Waals surface area (Å²) in [6.45, 7) is 0.860. The number of nitrogens with zero attached hydrogens (tertiary/aromatic N) is 5. The molecule has 1 unspecified atom stereocenters. The van der Waals surface area contributed by atoms with E-state index in [-0.39, 0.29) is 12.6 Å². The van der Waals surface area contributed by atoms with E-state index in [2.05, 4.69) is 30.7 Å². The first-order chi connectivity index (χ1) is 12.2. The Labute approximate surface area is 148 Å². The Kier molecular flexibility index (Phi) is 4.02.